The van der Waals surface area contributed by atoms with E-state index in [1.54, 1.807) is 38.1 Å². The molecule has 1 aromatic rings. The highest BCUT2D eigenvalue weighted by molar-refractivity contribution is 7.54. The van der Waals surface area contributed by atoms with E-state index in [0.717, 1.165) is 0 Å². The van der Waals surface area contributed by atoms with Crippen LogP contribution in [-0.2, 0) is 23.1 Å². The molecule has 1 aromatic carbocycles. The molecule has 0 fully saturated rings. The van der Waals surface area contributed by atoms with Crippen molar-refractivity contribution >= 4 is 19.4 Å². The largest absolute Gasteiger partial charge is 0.496 e. The van der Waals surface area contributed by atoms with Gasteiger partial charge in [0.2, 0.25) is 5.84 Å². The van der Waals surface area contributed by atoms with Crippen LogP contribution in [0.15, 0.2) is 29.3 Å². The van der Waals surface area contributed by atoms with Gasteiger partial charge in [-0.2, -0.15) is 0 Å². The van der Waals surface area contributed by atoms with Crippen LogP contribution in [0, 0.1) is 0 Å². The van der Waals surface area contributed by atoms with Crippen molar-refractivity contribution in [2.75, 3.05) is 27.4 Å². The average Bonchev–Trinajstić information content (AvgIpc) is 2.67. The molecule has 0 radical (unpaired) electrons. The lowest BCUT2D eigenvalue weighted by molar-refractivity contribution is -0.133. The molecule has 0 spiro atoms. The van der Waals surface area contributed by atoms with E-state index < -0.39 is 25.4 Å². The van der Waals surface area contributed by atoms with Gasteiger partial charge in [-0.25, -0.2) is 10.2 Å². The average molecular weight is 385 g/mol. The van der Waals surface area contributed by atoms with Crippen molar-refractivity contribution in [3.05, 3.63) is 29.8 Å². The minimum atomic E-state index is -3.60. The van der Waals surface area contributed by atoms with Crippen molar-refractivity contribution in [3.8, 4) is 5.75 Å². The highest BCUT2D eigenvalue weighted by Crippen LogP contribution is 2.57. The van der Waals surface area contributed by atoms with Crippen LogP contribution in [0.2, 0.25) is 0 Å². The topological polar surface area (TPSA) is 107 Å². The summed E-state index contributed by atoms with van der Waals surface area (Å²) in [5.41, 5.74) is 6.11. The highest BCUT2D eigenvalue weighted by atomic mass is 31.2. The van der Waals surface area contributed by atoms with Gasteiger partial charge in [0.25, 0.3) is 0 Å². The quantitative estimate of drug-likeness (QED) is 0.517. The van der Waals surface area contributed by atoms with Crippen LogP contribution >= 0.6 is 7.60 Å². The van der Waals surface area contributed by atoms with E-state index >= 15 is 0 Å². The highest BCUT2D eigenvalue weighted by Gasteiger charge is 2.45. The van der Waals surface area contributed by atoms with Crippen LogP contribution in [0.4, 0.5) is 0 Å². The minimum Gasteiger partial charge on any atom is -0.496 e. The fourth-order valence-electron chi connectivity index (χ4n) is 2.62. The molecule has 144 valence electrons. The van der Waals surface area contributed by atoms with E-state index in [-0.39, 0.29) is 19.0 Å². The van der Waals surface area contributed by atoms with Crippen LogP contribution in [0.1, 0.15) is 25.5 Å². The molecule has 9 nitrogen and oxygen atoms in total. The first-order valence-electron chi connectivity index (χ1n) is 8.20. The lowest BCUT2D eigenvalue weighted by Crippen LogP contribution is -2.53. The predicted octanol–water partition coefficient (Wildman–Crippen LogP) is 2.01. The molecule has 2 N–H and O–H groups in total. The number of aliphatic imine (C=N–C) groups is 1. The van der Waals surface area contributed by atoms with Gasteiger partial charge in [-0.05, 0) is 19.9 Å². The number of methoxy groups -OCH3 is 2. The smallest absolute Gasteiger partial charge is 0.374 e. The standard InChI is InChI=1S/C16H24N3O6P/c1-5-24-26(21,25-6-2)15-13(11-9-7-8-10-12(11)22-3)17-14(18-19-15)16(20)23-4/h7-10,13,15,19H,5-6H2,1-4H3,(H,17,18)/t13-,15-/m0/s1. The zero-order valence-corrected chi connectivity index (χ0v) is 16.1. The lowest BCUT2D eigenvalue weighted by atomic mass is 10.1. The number of nitrogens with zero attached hydrogens (tertiary/aromatic N) is 1. The Kier molecular flexibility index (Phi) is 7.16. The summed E-state index contributed by atoms with van der Waals surface area (Å²) >= 11 is 0. The Morgan fingerprint density at radius 2 is 1.85 bits per heavy atom. The van der Waals surface area contributed by atoms with Gasteiger partial charge in [0.15, 0.2) is 5.78 Å². The summed E-state index contributed by atoms with van der Waals surface area (Å²) in [5, 5.41) is 0. The number of esters is 1. The van der Waals surface area contributed by atoms with Crippen molar-refractivity contribution < 1.29 is 27.9 Å². The molecular formula is C16H24N3O6P. The molecule has 1 aliphatic rings. The number of rotatable bonds is 8. The summed E-state index contributed by atoms with van der Waals surface area (Å²) in [5.74, 6) is -1.02. The van der Waals surface area contributed by atoms with Crippen molar-refractivity contribution in [2.45, 2.75) is 25.7 Å². The van der Waals surface area contributed by atoms with Crippen molar-refractivity contribution in [2.24, 2.45) is 4.99 Å². The van der Waals surface area contributed by atoms with Crippen molar-refractivity contribution in [1.82, 2.24) is 10.9 Å². The fourth-order valence-corrected chi connectivity index (χ4v) is 4.54. The number of hydrogen-bond donors (Lipinski definition) is 2. The Bertz CT molecular complexity index is 701. The summed E-state index contributed by atoms with van der Waals surface area (Å²) < 4.78 is 34.4. The first-order chi connectivity index (χ1) is 12.5. The molecule has 0 amide bonds. The second-order valence-corrected chi connectivity index (χ2v) is 7.40. The fraction of sp³-hybridized carbons (Fsp3) is 0.500. The SMILES string of the molecule is CCOP(=O)(OCC)[C@@H]1NNC(C(=O)OC)=N[C@H]1c1ccccc1OC. The summed E-state index contributed by atoms with van der Waals surface area (Å²) in [6.07, 6.45) is 0. The normalized spacial score (nSPS) is 20.1. The molecule has 2 atom stereocenters. The van der Waals surface area contributed by atoms with Crippen molar-refractivity contribution in [3.63, 3.8) is 0 Å². The van der Waals surface area contributed by atoms with E-state index in [9.17, 15) is 9.36 Å². The molecule has 1 aliphatic heterocycles. The Morgan fingerprint density at radius 3 is 2.42 bits per heavy atom. The third-order valence-electron chi connectivity index (χ3n) is 3.70. The van der Waals surface area contributed by atoms with Crippen LogP contribution in [-0.4, -0.2) is 45.0 Å². The summed E-state index contributed by atoms with van der Waals surface area (Å²) in [6, 6.07) is 6.39. The first-order valence-corrected chi connectivity index (χ1v) is 9.81. The van der Waals surface area contributed by atoms with Crippen LogP contribution in [0.3, 0.4) is 0 Å². The zero-order chi connectivity index (χ0) is 19.2. The summed E-state index contributed by atoms with van der Waals surface area (Å²) in [6.45, 7) is 3.84. The number of ether oxygens (including phenoxy) is 2. The van der Waals surface area contributed by atoms with Gasteiger partial charge in [0.1, 0.15) is 11.8 Å². The molecule has 1 heterocycles. The van der Waals surface area contributed by atoms with E-state index in [1.807, 2.05) is 0 Å². The number of amidine groups is 1. The molecule has 0 saturated heterocycles. The molecule has 2 rings (SSSR count). The number of nitrogens with one attached hydrogen (secondary N) is 2. The maximum atomic E-state index is 13.3. The predicted molar refractivity (Wildman–Crippen MR) is 96.1 cm³/mol. The van der Waals surface area contributed by atoms with Crippen molar-refractivity contribution in [1.29, 1.82) is 0 Å². The number of para-hydroxylation sites is 1. The van der Waals surface area contributed by atoms with Gasteiger partial charge in [0.05, 0.1) is 27.4 Å². The maximum absolute atomic E-state index is 13.3. The first kappa shape index (κ1) is 20.4. The molecule has 0 aromatic heterocycles. The number of carbonyl (C=O) groups is 1. The number of carbonyl (C=O) groups excluding carboxylic acids is 1. The monoisotopic (exact) mass is 385 g/mol. The second-order valence-electron chi connectivity index (χ2n) is 5.25. The van der Waals surface area contributed by atoms with Gasteiger partial charge in [-0.15, -0.1) is 0 Å². The van der Waals surface area contributed by atoms with Gasteiger partial charge >= 0.3 is 13.6 Å². The third-order valence-corrected chi connectivity index (χ3v) is 6.03. The Morgan fingerprint density at radius 1 is 1.19 bits per heavy atom. The summed E-state index contributed by atoms with van der Waals surface area (Å²) in [7, 11) is -0.823. The minimum absolute atomic E-state index is 0.0424. The Labute approximate surface area is 152 Å². The molecule has 0 saturated carbocycles. The Hall–Kier alpha value is -1.93. The molecule has 0 bridgehead atoms. The van der Waals surface area contributed by atoms with Crippen LogP contribution < -0.4 is 15.6 Å². The van der Waals surface area contributed by atoms with E-state index in [2.05, 4.69) is 15.8 Å². The molecule has 0 unspecified atom stereocenters. The van der Waals surface area contributed by atoms with Gasteiger partial charge in [-0.3, -0.25) is 15.0 Å². The number of hydrogen-bond acceptors (Lipinski definition) is 9. The van der Waals surface area contributed by atoms with Gasteiger partial charge in [-0.1, -0.05) is 18.2 Å². The number of hydrazine groups is 1. The number of benzene rings is 1. The van der Waals surface area contributed by atoms with E-state index in [0.29, 0.717) is 11.3 Å². The van der Waals surface area contributed by atoms with E-state index in [4.69, 9.17) is 18.5 Å². The molecule has 0 aliphatic carbocycles. The molecule has 26 heavy (non-hydrogen) atoms. The van der Waals surface area contributed by atoms with Gasteiger partial charge in [0, 0.05) is 5.56 Å². The lowest BCUT2D eigenvalue weighted by Gasteiger charge is -2.35. The zero-order valence-electron chi connectivity index (χ0n) is 15.2. The maximum Gasteiger partial charge on any atom is 0.374 e. The van der Waals surface area contributed by atoms with E-state index in [1.165, 1.54) is 14.2 Å². The molecule has 10 heteroatoms. The van der Waals surface area contributed by atoms with Gasteiger partial charge < -0.3 is 18.5 Å². The van der Waals surface area contributed by atoms with Crippen LogP contribution in [0.25, 0.3) is 0 Å². The van der Waals surface area contributed by atoms with Crippen LogP contribution in [0.5, 0.6) is 5.75 Å². The second kappa shape index (κ2) is 9.14. The molecular weight excluding hydrogens is 361 g/mol. The third kappa shape index (κ3) is 4.24. The summed E-state index contributed by atoms with van der Waals surface area (Å²) in [4.78, 5) is 16.3. The Balaban J connectivity index is 2.55.